The van der Waals surface area contributed by atoms with Crippen LogP contribution in [-0.4, -0.2) is 15.5 Å². The Labute approximate surface area is 152 Å². The SMILES string of the molecule is Cc1ccc(Cn2c(=O)oc3ccc(C(=O)Nc4nccs4)cc32)cc1. The second-order valence-electron chi connectivity index (χ2n) is 5.91. The lowest BCUT2D eigenvalue weighted by Gasteiger charge is -2.05. The zero-order valence-corrected chi connectivity index (χ0v) is 14.7. The molecule has 7 heteroatoms. The molecule has 0 atom stereocenters. The van der Waals surface area contributed by atoms with Crippen molar-refractivity contribution in [3.05, 3.63) is 81.3 Å². The van der Waals surface area contributed by atoms with E-state index >= 15 is 0 Å². The fraction of sp³-hybridized carbons (Fsp3) is 0.105. The van der Waals surface area contributed by atoms with E-state index in [1.165, 1.54) is 15.9 Å². The first kappa shape index (κ1) is 16.3. The first-order valence-electron chi connectivity index (χ1n) is 8.00. The number of aromatic nitrogens is 2. The number of carbonyl (C=O) groups is 1. The average Bonchev–Trinajstić information content (AvgIpc) is 3.24. The highest BCUT2D eigenvalue weighted by atomic mass is 32.1. The molecule has 130 valence electrons. The van der Waals surface area contributed by atoms with Crippen LogP contribution in [0.2, 0.25) is 0 Å². The number of carbonyl (C=O) groups excluding carboxylic acids is 1. The zero-order valence-electron chi connectivity index (χ0n) is 13.9. The number of benzene rings is 2. The molecule has 2 aromatic heterocycles. The number of hydrogen-bond donors (Lipinski definition) is 1. The fourth-order valence-corrected chi connectivity index (χ4v) is 3.21. The maximum atomic E-state index is 12.4. The summed E-state index contributed by atoms with van der Waals surface area (Å²) in [7, 11) is 0. The molecule has 0 bridgehead atoms. The Bertz CT molecular complexity index is 1130. The number of anilines is 1. The number of aryl methyl sites for hydroxylation is 1. The quantitative estimate of drug-likeness (QED) is 0.599. The smallest absolute Gasteiger partial charge is 0.408 e. The lowest BCUT2D eigenvalue weighted by Crippen LogP contribution is -2.15. The molecule has 0 saturated carbocycles. The van der Waals surface area contributed by atoms with E-state index in [0.29, 0.717) is 28.3 Å². The van der Waals surface area contributed by atoms with Gasteiger partial charge in [-0.15, -0.1) is 11.3 Å². The van der Waals surface area contributed by atoms with Gasteiger partial charge < -0.3 is 4.42 Å². The van der Waals surface area contributed by atoms with Gasteiger partial charge in [0.2, 0.25) is 0 Å². The maximum absolute atomic E-state index is 12.4. The molecule has 0 spiro atoms. The van der Waals surface area contributed by atoms with Gasteiger partial charge in [0.1, 0.15) is 0 Å². The van der Waals surface area contributed by atoms with E-state index < -0.39 is 5.76 Å². The highest BCUT2D eigenvalue weighted by Crippen LogP contribution is 2.18. The van der Waals surface area contributed by atoms with Gasteiger partial charge in [0.05, 0.1) is 12.1 Å². The Hall–Kier alpha value is -3.19. The molecule has 0 aliphatic heterocycles. The topological polar surface area (TPSA) is 77.1 Å². The molecule has 4 aromatic rings. The van der Waals surface area contributed by atoms with E-state index in [4.69, 9.17) is 4.42 Å². The van der Waals surface area contributed by atoms with E-state index in [0.717, 1.165) is 11.1 Å². The molecule has 1 N–H and O–H groups in total. The molecule has 2 heterocycles. The van der Waals surface area contributed by atoms with Crippen LogP contribution < -0.4 is 11.1 Å². The number of thiazole rings is 1. The summed E-state index contributed by atoms with van der Waals surface area (Å²) in [5.74, 6) is -0.726. The second kappa shape index (κ2) is 6.61. The van der Waals surface area contributed by atoms with E-state index in [2.05, 4.69) is 10.3 Å². The van der Waals surface area contributed by atoms with Gasteiger partial charge in [-0.05, 0) is 30.7 Å². The predicted molar refractivity (Wildman–Crippen MR) is 101 cm³/mol. The van der Waals surface area contributed by atoms with Crippen molar-refractivity contribution in [2.75, 3.05) is 5.32 Å². The molecule has 4 rings (SSSR count). The Kier molecular flexibility index (Phi) is 4.14. The number of nitrogens with zero attached hydrogens (tertiary/aromatic N) is 2. The van der Waals surface area contributed by atoms with Gasteiger partial charge in [-0.2, -0.15) is 0 Å². The monoisotopic (exact) mass is 365 g/mol. The van der Waals surface area contributed by atoms with Gasteiger partial charge in [0.15, 0.2) is 10.7 Å². The highest BCUT2D eigenvalue weighted by Gasteiger charge is 2.14. The third-order valence-electron chi connectivity index (χ3n) is 4.04. The van der Waals surface area contributed by atoms with Gasteiger partial charge in [-0.1, -0.05) is 29.8 Å². The van der Waals surface area contributed by atoms with Crippen molar-refractivity contribution < 1.29 is 9.21 Å². The molecular weight excluding hydrogens is 350 g/mol. The molecule has 0 aliphatic rings. The Balaban J connectivity index is 1.69. The van der Waals surface area contributed by atoms with E-state index in [1.54, 1.807) is 29.8 Å². The maximum Gasteiger partial charge on any atom is 0.420 e. The minimum Gasteiger partial charge on any atom is -0.408 e. The Morgan fingerprint density at radius 2 is 2.04 bits per heavy atom. The van der Waals surface area contributed by atoms with Crippen LogP contribution in [0.25, 0.3) is 11.1 Å². The summed E-state index contributed by atoms with van der Waals surface area (Å²) in [6.07, 6.45) is 1.62. The Morgan fingerprint density at radius 3 is 2.77 bits per heavy atom. The average molecular weight is 365 g/mol. The van der Waals surface area contributed by atoms with Crippen molar-refractivity contribution in [2.45, 2.75) is 13.5 Å². The largest absolute Gasteiger partial charge is 0.420 e. The summed E-state index contributed by atoms with van der Waals surface area (Å²) in [6.45, 7) is 2.39. The van der Waals surface area contributed by atoms with Crippen molar-refractivity contribution in [1.82, 2.24) is 9.55 Å². The van der Waals surface area contributed by atoms with Crippen LogP contribution in [0.15, 0.2) is 63.3 Å². The van der Waals surface area contributed by atoms with Gasteiger partial charge >= 0.3 is 5.76 Å². The van der Waals surface area contributed by atoms with Crippen LogP contribution in [0.3, 0.4) is 0 Å². The first-order chi connectivity index (χ1) is 12.6. The molecular formula is C19H15N3O3S. The minimum absolute atomic E-state index is 0.280. The molecule has 2 aromatic carbocycles. The van der Waals surface area contributed by atoms with Gasteiger partial charge in [-0.3, -0.25) is 14.7 Å². The number of fused-ring (bicyclic) bond motifs is 1. The van der Waals surface area contributed by atoms with Crippen molar-refractivity contribution >= 4 is 33.5 Å². The molecule has 0 saturated heterocycles. The van der Waals surface area contributed by atoms with Crippen LogP contribution in [0.1, 0.15) is 21.5 Å². The van der Waals surface area contributed by atoms with Crippen LogP contribution >= 0.6 is 11.3 Å². The van der Waals surface area contributed by atoms with E-state index in [-0.39, 0.29) is 5.91 Å². The van der Waals surface area contributed by atoms with Gasteiger partial charge in [-0.25, -0.2) is 9.78 Å². The first-order valence-corrected chi connectivity index (χ1v) is 8.88. The van der Waals surface area contributed by atoms with Crippen molar-refractivity contribution in [3.63, 3.8) is 0 Å². The molecule has 0 radical (unpaired) electrons. The van der Waals surface area contributed by atoms with E-state index in [9.17, 15) is 9.59 Å². The van der Waals surface area contributed by atoms with Crippen LogP contribution in [0, 0.1) is 6.92 Å². The summed E-state index contributed by atoms with van der Waals surface area (Å²) in [4.78, 5) is 28.7. The van der Waals surface area contributed by atoms with Crippen LogP contribution in [0.4, 0.5) is 5.13 Å². The molecule has 26 heavy (non-hydrogen) atoms. The molecule has 0 unspecified atom stereocenters. The number of oxazole rings is 1. The predicted octanol–water partition coefficient (Wildman–Crippen LogP) is 3.66. The van der Waals surface area contributed by atoms with E-state index in [1.807, 2.05) is 31.2 Å². The van der Waals surface area contributed by atoms with Crippen molar-refractivity contribution in [3.8, 4) is 0 Å². The molecule has 1 amide bonds. The highest BCUT2D eigenvalue weighted by molar-refractivity contribution is 7.13. The lowest BCUT2D eigenvalue weighted by molar-refractivity contribution is 0.102. The number of amides is 1. The molecule has 6 nitrogen and oxygen atoms in total. The second-order valence-corrected chi connectivity index (χ2v) is 6.81. The van der Waals surface area contributed by atoms with Crippen LogP contribution in [0.5, 0.6) is 0 Å². The number of hydrogen-bond acceptors (Lipinski definition) is 5. The van der Waals surface area contributed by atoms with Crippen molar-refractivity contribution in [2.24, 2.45) is 0 Å². The normalized spacial score (nSPS) is 11.0. The summed E-state index contributed by atoms with van der Waals surface area (Å²) in [6, 6.07) is 12.9. The molecule has 0 aliphatic carbocycles. The van der Waals surface area contributed by atoms with Gasteiger partial charge in [0.25, 0.3) is 5.91 Å². The summed E-state index contributed by atoms with van der Waals surface area (Å²) >= 11 is 1.34. The fourth-order valence-electron chi connectivity index (χ4n) is 2.68. The van der Waals surface area contributed by atoms with Crippen molar-refractivity contribution in [1.29, 1.82) is 0 Å². The third-order valence-corrected chi connectivity index (χ3v) is 4.73. The zero-order chi connectivity index (χ0) is 18.1. The third kappa shape index (κ3) is 3.16. The van der Waals surface area contributed by atoms with Gasteiger partial charge in [0, 0.05) is 17.1 Å². The summed E-state index contributed by atoms with van der Waals surface area (Å²) < 4.78 is 6.83. The number of nitrogens with one attached hydrogen (secondary N) is 1. The standard InChI is InChI=1S/C19H15N3O3S/c1-12-2-4-13(5-3-12)11-22-15-10-14(6-7-16(15)25-19(22)24)17(23)21-18-20-8-9-26-18/h2-10H,11H2,1H3,(H,20,21,23). The summed E-state index contributed by atoms with van der Waals surface area (Å²) in [5.41, 5.74) is 3.61. The molecule has 0 fully saturated rings. The van der Waals surface area contributed by atoms with Crippen LogP contribution in [-0.2, 0) is 6.54 Å². The summed E-state index contributed by atoms with van der Waals surface area (Å²) in [5, 5.41) is 5.05. The Morgan fingerprint density at radius 1 is 1.23 bits per heavy atom. The number of rotatable bonds is 4. The minimum atomic E-state index is -0.446. The lowest BCUT2D eigenvalue weighted by atomic mass is 10.1.